The number of benzene rings is 3. The van der Waals surface area contributed by atoms with Gasteiger partial charge in [0.2, 0.25) is 0 Å². The predicted octanol–water partition coefficient (Wildman–Crippen LogP) is 4.18. The molecule has 0 spiro atoms. The zero-order chi connectivity index (χ0) is 18.4. The van der Waals surface area contributed by atoms with E-state index in [0.717, 1.165) is 11.1 Å². The van der Waals surface area contributed by atoms with E-state index in [4.69, 9.17) is 0 Å². The molecule has 3 aromatic rings. The number of amides is 2. The Hall–Kier alpha value is -3.40. The highest BCUT2D eigenvalue weighted by molar-refractivity contribution is 6.05. The summed E-state index contributed by atoms with van der Waals surface area (Å²) in [5.41, 5.74) is 3.73. The lowest BCUT2D eigenvalue weighted by Crippen LogP contribution is -2.23. The van der Waals surface area contributed by atoms with E-state index < -0.39 is 0 Å². The molecule has 4 nitrogen and oxygen atoms in total. The molecule has 130 valence electrons. The molecule has 0 fully saturated rings. The van der Waals surface area contributed by atoms with Gasteiger partial charge >= 0.3 is 0 Å². The van der Waals surface area contributed by atoms with Gasteiger partial charge in [0.05, 0.1) is 0 Å². The van der Waals surface area contributed by atoms with E-state index in [9.17, 15) is 9.59 Å². The van der Waals surface area contributed by atoms with Crippen molar-refractivity contribution in [3.8, 4) is 0 Å². The van der Waals surface area contributed by atoms with Gasteiger partial charge in [-0.2, -0.15) is 0 Å². The first-order chi connectivity index (χ1) is 12.6. The Morgan fingerprint density at radius 1 is 0.769 bits per heavy atom. The van der Waals surface area contributed by atoms with E-state index in [0.29, 0.717) is 23.4 Å². The molecule has 26 heavy (non-hydrogen) atoms. The van der Waals surface area contributed by atoms with Crippen molar-refractivity contribution in [1.82, 2.24) is 5.32 Å². The third-order valence-corrected chi connectivity index (χ3v) is 3.96. The van der Waals surface area contributed by atoms with Crippen molar-refractivity contribution < 1.29 is 9.59 Å². The van der Waals surface area contributed by atoms with E-state index in [2.05, 4.69) is 10.6 Å². The predicted molar refractivity (Wildman–Crippen MR) is 103 cm³/mol. The summed E-state index contributed by atoms with van der Waals surface area (Å²) in [6, 6.07) is 24.0. The van der Waals surface area contributed by atoms with Crippen molar-refractivity contribution in [1.29, 1.82) is 0 Å². The van der Waals surface area contributed by atoms with Gasteiger partial charge in [-0.1, -0.05) is 54.1 Å². The van der Waals surface area contributed by atoms with Gasteiger partial charge in [-0.15, -0.1) is 0 Å². The van der Waals surface area contributed by atoms with Gasteiger partial charge in [-0.25, -0.2) is 0 Å². The second-order valence-corrected chi connectivity index (χ2v) is 6.07. The van der Waals surface area contributed by atoms with Crippen LogP contribution in [0.2, 0.25) is 0 Å². The Labute approximate surface area is 152 Å². The Morgan fingerprint density at radius 2 is 1.46 bits per heavy atom. The molecule has 0 aliphatic carbocycles. The number of anilines is 1. The summed E-state index contributed by atoms with van der Waals surface area (Å²) < 4.78 is 0. The van der Waals surface area contributed by atoms with Gasteiger partial charge in [0.1, 0.15) is 0 Å². The van der Waals surface area contributed by atoms with Crippen LogP contribution in [0.1, 0.15) is 31.8 Å². The van der Waals surface area contributed by atoms with Gasteiger partial charge in [0.25, 0.3) is 11.8 Å². The SMILES string of the molecule is Cc1cccc(C(=O)Nc2cccc(C(=O)NCc3ccccc3)c2)c1. The molecule has 3 aromatic carbocycles. The molecule has 0 aliphatic rings. The van der Waals surface area contributed by atoms with E-state index in [1.54, 1.807) is 30.3 Å². The average Bonchev–Trinajstić information content (AvgIpc) is 2.67. The molecule has 2 N–H and O–H groups in total. The molecule has 0 saturated carbocycles. The minimum atomic E-state index is -0.199. The lowest BCUT2D eigenvalue weighted by Gasteiger charge is -2.09. The maximum atomic E-state index is 12.3. The first kappa shape index (κ1) is 17.4. The van der Waals surface area contributed by atoms with Gasteiger partial charge in [0.15, 0.2) is 0 Å². The molecule has 0 aliphatic heterocycles. The van der Waals surface area contributed by atoms with Crippen molar-refractivity contribution in [2.75, 3.05) is 5.32 Å². The molecule has 0 atom stereocenters. The van der Waals surface area contributed by atoms with Crippen LogP contribution in [0.15, 0.2) is 78.9 Å². The second-order valence-electron chi connectivity index (χ2n) is 6.07. The molecule has 2 amide bonds. The summed E-state index contributed by atoms with van der Waals surface area (Å²) in [7, 11) is 0. The number of hydrogen-bond donors (Lipinski definition) is 2. The third kappa shape index (κ3) is 4.57. The number of carbonyl (C=O) groups excluding carboxylic acids is 2. The van der Waals surface area contributed by atoms with Crippen molar-refractivity contribution in [3.05, 3.63) is 101 Å². The van der Waals surface area contributed by atoms with Crippen molar-refractivity contribution in [2.24, 2.45) is 0 Å². The van der Waals surface area contributed by atoms with Crippen molar-refractivity contribution in [2.45, 2.75) is 13.5 Å². The smallest absolute Gasteiger partial charge is 0.255 e. The quantitative estimate of drug-likeness (QED) is 0.729. The molecule has 0 saturated heterocycles. The molecule has 0 bridgehead atoms. The molecule has 4 heteroatoms. The highest BCUT2D eigenvalue weighted by atomic mass is 16.2. The normalized spacial score (nSPS) is 10.2. The fourth-order valence-electron chi connectivity index (χ4n) is 2.61. The van der Waals surface area contributed by atoms with Crippen LogP contribution in [0.4, 0.5) is 5.69 Å². The van der Waals surface area contributed by atoms with E-state index in [1.165, 1.54) is 0 Å². The van der Waals surface area contributed by atoms with Crippen molar-refractivity contribution in [3.63, 3.8) is 0 Å². The number of rotatable bonds is 5. The summed E-state index contributed by atoms with van der Waals surface area (Å²) in [4.78, 5) is 24.7. The summed E-state index contributed by atoms with van der Waals surface area (Å²) in [6.07, 6.45) is 0. The second kappa shape index (κ2) is 8.12. The summed E-state index contributed by atoms with van der Waals surface area (Å²) in [5.74, 6) is -0.379. The number of carbonyl (C=O) groups is 2. The third-order valence-electron chi connectivity index (χ3n) is 3.96. The topological polar surface area (TPSA) is 58.2 Å². The van der Waals surface area contributed by atoms with Crippen LogP contribution < -0.4 is 10.6 Å². The van der Waals surface area contributed by atoms with Crippen molar-refractivity contribution >= 4 is 17.5 Å². The number of nitrogens with one attached hydrogen (secondary N) is 2. The highest BCUT2D eigenvalue weighted by Gasteiger charge is 2.09. The average molecular weight is 344 g/mol. The Bertz CT molecular complexity index is 920. The molecule has 0 unspecified atom stereocenters. The van der Waals surface area contributed by atoms with E-state index in [1.807, 2.05) is 55.5 Å². The molecule has 0 radical (unpaired) electrons. The maximum absolute atomic E-state index is 12.3. The van der Waals surface area contributed by atoms with E-state index in [-0.39, 0.29) is 11.8 Å². The zero-order valence-corrected chi connectivity index (χ0v) is 14.5. The minimum Gasteiger partial charge on any atom is -0.348 e. The lowest BCUT2D eigenvalue weighted by atomic mass is 10.1. The summed E-state index contributed by atoms with van der Waals surface area (Å²) in [5, 5.41) is 5.72. The maximum Gasteiger partial charge on any atom is 0.255 e. The molecule has 0 aromatic heterocycles. The van der Waals surface area contributed by atoms with Crippen LogP contribution in [0.25, 0.3) is 0 Å². The Kier molecular flexibility index (Phi) is 5.44. The molecular weight excluding hydrogens is 324 g/mol. The standard InChI is InChI=1S/C22H20N2O2/c1-16-7-5-10-18(13-16)22(26)24-20-12-6-11-19(14-20)21(25)23-15-17-8-3-2-4-9-17/h2-14H,15H2,1H3,(H,23,25)(H,24,26). The molecular formula is C22H20N2O2. The molecule has 0 heterocycles. The van der Waals surface area contributed by atoms with Crippen LogP contribution in [0, 0.1) is 6.92 Å². The Balaban J connectivity index is 1.65. The van der Waals surface area contributed by atoms with Crippen LogP contribution >= 0.6 is 0 Å². The first-order valence-corrected chi connectivity index (χ1v) is 8.42. The van der Waals surface area contributed by atoms with E-state index >= 15 is 0 Å². The van der Waals surface area contributed by atoms with Gasteiger partial charge in [0, 0.05) is 23.4 Å². The number of aryl methyl sites for hydroxylation is 1. The van der Waals surface area contributed by atoms with Gasteiger partial charge in [-0.05, 0) is 42.8 Å². The fraction of sp³-hybridized carbons (Fsp3) is 0.0909. The summed E-state index contributed by atoms with van der Waals surface area (Å²) >= 11 is 0. The highest BCUT2D eigenvalue weighted by Crippen LogP contribution is 2.13. The lowest BCUT2D eigenvalue weighted by molar-refractivity contribution is 0.0949. The minimum absolute atomic E-state index is 0.180. The zero-order valence-electron chi connectivity index (χ0n) is 14.5. The number of hydrogen-bond acceptors (Lipinski definition) is 2. The largest absolute Gasteiger partial charge is 0.348 e. The fourth-order valence-corrected chi connectivity index (χ4v) is 2.61. The van der Waals surface area contributed by atoms with Crippen LogP contribution in [0.3, 0.4) is 0 Å². The first-order valence-electron chi connectivity index (χ1n) is 8.42. The molecule has 3 rings (SSSR count). The van der Waals surface area contributed by atoms with Crippen LogP contribution in [0.5, 0.6) is 0 Å². The van der Waals surface area contributed by atoms with Gasteiger partial charge < -0.3 is 10.6 Å². The van der Waals surface area contributed by atoms with Crippen LogP contribution in [-0.4, -0.2) is 11.8 Å². The van der Waals surface area contributed by atoms with Crippen LogP contribution in [-0.2, 0) is 6.54 Å². The monoisotopic (exact) mass is 344 g/mol. The van der Waals surface area contributed by atoms with Gasteiger partial charge in [-0.3, -0.25) is 9.59 Å². The Morgan fingerprint density at radius 3 is 2.19 bits per heavy atom. The summed E-state index contributed by atoms with van der Waals surface area (Å²) in [6.45, 7) is 2.40.